The zero-order valence-corrected chi connectivity index (χ0v) is 9.48. The van der Waals surface area contributed by atoms with Gasteiger partial charge in [0.1, 0.15) is 5.69 Å². The highest BCUT2D eigenvalue weighted by Gasteiger charge is 2.42. The van der Waals surface area contributed by atoms with Crippen molar-refractivity contribution in [3.8, 4) is 0 Å². The molecule has 1 aromatic rings. The van der Waals surface area contributed by atoms with Gasteiger partial charge in [0, 0.05) is 22.7 Å². The van der Waals surface area contributed by atoms with Crippen molar-refractivity contribution in [2.75, 3.05) is 6.54 Å². The SMILES string of the molecule is NCC1CC1c1ncc(Br)cc1[N+](=O)[O-]. The second-order valence-corrected chi connectivity index (χ2v) is 4.57. The van der Waals surface area contributed by atoms with Crippen LogP contribution in [-0.2, 0) is 0 Å². The first-order chi connectivity index (χ1) is 7.13. The van der Waals surface area contributed by atoms with Crippen LogP contribution in [0, 0.1) is 16.0 Å². The van der Waals surface area contributed by atoms with Crippen LogP contribution in [0.4, 0.5) is 5.69 Å². The number of rotatable bonds is 3. The third-order valence-corrected chi connectivity index (χ3v) is 3.07. The van der Waals surface area contributed by atoms with Crippen LogP contribution in [0.1, 0.15) is 18.0 Å². The van der Waals surface area contributed by atoms with Crippen molar-refractivity contribution in [1.82, 2.24) is 4.98 Å². The van der Waals surface area contributed by atoms with Gasteiger partial charge in [-0.3, -0.25) is 15.1 Å². The molecule has 2 N–H and O–H groups in total. The third-order valence-electron chi connectivity index (χ3n) is 2.64. The van der Waals surface area contributed by atoms with Crippen LogP contribution in [0.3, 0.4) is 0 Å². The molecule has 1 aromatic heterocycles. The summed E-state index contributed by atoms with van der Waals surface area (Å²) in [5.74, 6) is 0.529. The first kappa shape index (κ1) is 10.5. The fourth-order valence-corrected chi connectivity index (χ4v) is 2.03. The number of hydrogen-bond donors (Lipinski definition) is 1. The molecule has 1 aliphatic carbocycles. The van der Waals surface area contributed by atoms with Gasteiger partial charge in [-0.1, -0.05) is 0 Å². The van der Waals surface area contributed by atoms with Gasteiger partial charge in [0.05, 0.1) is 4.92 Å². The van der Waals surface area contributed by atoms with Gasteiger partial charge in [-0.25, -0.2) is 0 Å². The zero-order valence-electron chi connectivity index (χ0n) is 7.89. The molecule has 1 fully saturated rings. The molecule has 2 atom stereocenters. The minimum absolute atomic E-state index is 0.0883. The lowest BCUT2D eigenvalue weighted by Crippen LogP contribution is -2.04. The first-order valence-electron chi connectivity index (χ1n) is 4.63. The van der Waals surface area contributed by atoms with Crippen molar-refractivity contribution in [3.05, 3.63) is 32.5 Å². The van der Waals surface area contributed by atoms with Gasteiger partial charge in [0.15, 0.2) is 0 Å². The normalized spacial score (nSPS) is 23.9. The van der Waals surface area contributed by atoms with Crippen LogP contribution in [0.5, 0.6) is 0 Å². The molecule has 0 amide bonds. The maximum absolute atomic E-state index is 10.8. The van der Waals surface area contributed by atoms with Crippen LogP contribution in [0.25, 0.3) is 0 Å². The third kappa shape index (κ3) is 2.00. The van der Waals surface area contributed by atoms with Crippen LogP contribution >= 0.6 is 15.9 Å². The Morgan fingerprint density at radius 2 is 2.47 bits per heavy atom. The average Bonchev–Trinajstić information content (AvgIpc) is 2.96. The maximum Gasteiger partial charge on any atom is 0.292 e. The van der Waals surface area contributed by atoms with Gasteiger partial charge in [-0.15, -0.1) is 0 Å². The van der Waals surface area contributed by atoms with Gasteiger partial charge in [0.2, 0.25) is 0 Å². The summed E-state index contributed by atoms with van der Waals surface area (Å²) < 4.78 is 0.628. The molecule has 1 heterocycles. The first-order valence-corrected chi connectivity index (χ1v) is 5.42. The van der Waals surface area contributed by atoms with Crippen molar-refractivity contribution in [3.63, 3.8) is 0 Å². The Labute approximate surface area is 95.0 Å². The zero-order chi connectivity index (χ0) is 11.0. The van der Waals surface area contributed by atoms with Crippen molar-refractivity contribution in [1.29, 1.82) is 0 Å². The quantitative estimate of drug-likeness (QED) is 0.672. The monoisotopic (exact) mass is 271 g/mol. The summed E-state index contributed by atoms with van der Waals surface area (Å²) in [5.41, 5.74) is 6.17. The molecule has 80 valence electrons. The molecule has 2 rings (SSSR count). The van der Waals surface area contributed by atoms with E-state index in [4.69, 9.17) is 5.73 Å². The predicted octanol–water partition coefficient (Wildman–Crippen LogP) is 1.81. The Morgan fingerprint density at radius 3 is 3.00 bits per heavy atom. The van der Waals surface area contributed by atoms with E-state index in [1.807, 2.05) is 0 Å². The molecule has 0 radical (unpaired) electrons. The number of hydrogen-bond acceptors (Lipinski definition) is 4. The summed E-state index contributed by atoms with van der Waals surface area (Å²) in [6.07, 6.45) is 2.50. The van der Waals surface area contributed by atoms with Gasteiger partial charge < -0.3 is 5.73 Å². The van der Waals surface area contributed by atoms with Crippen molar-refractivity contribution in [2.45, 2.75) is 12.3 Å². The summed E-state index contributed by atoms with van der Waals surface area (Å²) in [6, 6.07) is 1.49. The van der Waals surface area contributed by atoms with Gasteiger partial charge in [-0.2, -0.15) is 0 Å². The highest BCUT2D eigenvalue weighted by atomic mass is 79.9. The maximum atomic E-state index is 10.8. The molecule has 0 saturated heterocycles. The van der Waals surface area contributed by atoms with Crippen LogP contribution in [0.15, 0.2) is 16.7 Å². The molecule has 0 bridgehead atoms. The fourth-order valence-electron chi connectivity index (χ4n) is 1.71. The lowest BCUT2D eigenvalue weighted by molar-refractivity contribution is -0.386. The fraction of sp³-hybridized carbons (Fsp3) is 0.444. The molecule has 1 saturated carbocycles. The molecule has 0 spiro atoms. The van der Waals surface area contributed by atoms with Gasteiger partial charge in [-0.05, 0) is 34.8 Å². The Hall–Kier alpha value is -1.01. The summed E-state index contributed by atoms with van der Waals surface area (Å²) in [7, 11) is 0. The number of nitrogens with two attached hydrogens (primary N) is 1. The number of halogens is 1. The second kappa shape index (κ2) is 3.86. The topological polar surface area (TPSA) is 82.0 Å². The van der Waals surface area contributed by atoms with Crippen LogP contribution in [-0.4, -0.2) is 16.5 Å². The van der Waals surface area contributed by atoms with E-state index in [9.17, 15) is 10.1 Å². The van der Waals surface area contributed by atoms with E-state index in [0.29, 0.717) is 22.6 Å². The van der Waals surface area contributed by atoms with Crippen molar-refractivity contribution < 1.29 is 4.92 Å². The molecular formula is C9H10BrN3O2. The van der Waals surface area contributed by atoms with Crippen molar-refractivity contribution >= 4 is 21.6 Å². The lowest BCUT2D eigenvalue weighted by atomic mass is 10.2. The van der Waals surface area contributed by atoms with Crippen molar-refractivity contribution in [2.24, 2.45) is 11.7 Å². The molecule has 15 heavy (non-hydrogen) atoms. The molecule has 0 aliphatic heterocycles. The molecule has 0 aromatic carbocycles. The summed E-state index contributed by atoms with van der Waals surface area (Å²) in [6.45, 7) is 0.569. The highest BCUT2D eigenvalue weighted by molar-refractivity contribution is 9.10. The molecular weight excluding hydrogens is 262 g/mol. The van der Waals surface area contributed by atoms with E-state index in [1.165, 1.54) is 6.07 Å². The summed E-state index contributed by atoms with van der Waals surface area (Å²) in [5, 5.41) is 10.8. The second-order valence-electron chi connectivity index (χ2n) is 3.65. The molecule has 5 nitrogen and oxygen atoms in total. The number of nitrogens with zero attached hydrogens (tertiary/aromatic N) is 2. The largest absolute Gasteiger partial charge is 0.330 e. The van der Waals surface area contributed by atoms with Crippen LogP contribution < -0.4 is 5.73 Å². The van der Waals surface area contributed by atoms with Crippen LogP contribution in [0.2, 0.25) is 0 Å². The Morgan fingerprint density at radius 1 is 1.73 bits per heavy atom. The molecule has 6 heteroatoms. The molecule has 1 aliphatic rings. The summed E-state index contributed by atoms with van der Waals surface area (Å²) >= 11 is 3.17. The number of nitro groups is 1. The van der Waals surface area contributed by atoms with E-state index >= 15 is 0 Å². The number of aromatic nitrogens is 1. The Balaban J connectivity index is 2.35. The van der Waals surface area contributed by atoms with Gasteiger partial charge >= 0.3 is 0 Å². The molecule has 2 unspecified atom stereocenters. The lowest BCUT2D eigenvalue weighted by Gasteiger charge is -2.01. The van der Waals surface area contributed by atoms with E-state index in [1.54, 1.807) is 6.20 Å². The van der Waals surface area contributed by atoms with E-state index in [0.717, 1.165) is 6.42 Å². The Bertz CT molecular complexity index is 410. The van der Waals surface area contributed by atoms with Gasteiger partial charge in [0.25, 0.3) is 5.69 Å². The Kier molecular flexibility index (Phi) is 2.70. The van der Waals surface area contributed by atoms with E-state index in [-0.39, 0.29) is 16.5 Å². The minimum Gasteiger partial charge on any atom is -0.330 e. The summed E-state index contributed by atoms with van der Waals surface area (Å²) in [4.78, 5) is 14.5. The predicted molar refractivity (Wildman–Crippen MR) is 58.5 cm³/mol. The average molecular weight is 272 g/mol. The smallest absolute Gasteiger partial charge is 0.292 e. The standard InChI is InChI=1S/C9H10BrN3O2/c10-6-2-8(13(14)15)9(12-4-6)7-1-5(7)3-11/h2,4-5,7H,1,3,11H2. The number of pyridine rings is 1. The van der Waals surface area contributed by atoms with E-state index in [2.05, 4.69) is 20.9 Å². The highest BCUT2D eigenvalue weighted by Crippen LogP contribution is 2.48. The van der Waals surface area contributed by atoms with E-state index < -0.39 is 0 Å². The minimum atomic E-state index is -0.390.